The highest BCUT2D eigenvalue weighted by molar-refractivity contribution is 6.09. The first-order valence-electron chi connectivity index (χ1n) is 15.1. The van der Waals surface area contributed by atoms with Crippen LogP contribution < -0.4 is 0 Å². The molecule has 0 aliphatic heterocycles. The summed E-state index contributed by atoms with van der Waals surface area (Å²) >= 11 is 0. The van der Waals surface area contributed by atoms with Crippen LogP contribution in [0.4, 0.5) is 0 Å². The zero-order chi connectivity index (χ0) is 30.5. The van der Waals surface area contributed by atoms with E-state index in [1.807, 2.05) is 48.5 Å². The van der Waals surface area contributed by atoms with Gasteiger partial charge in [0.15, 0.2) is 11.6 Å². The Bertz CT molecular complexity index is 2290. The molecule has 0 N–H and O–H groups in total. The van der Waals surface area contributed by atoms with Gasteiger partial charge in [-0.15, -0.1) is 10.2 Å². The Morgan fingerprint density at radius 3 is 1.64 bits per heavy atom. The molecule has 4 heterocycles. The van der Waals surface area contributed by atoms with Gasteiger partial charge in [-0.2, -0.15) is 0 Å². The van der Waals surface area contributed by atoms with Gasteiger partial charge in [-0.25, -0.2) is 9.97 Å². The molecule has 0 unspecified atom stereocenters. The average Bonchev–Trinajstić information content (AvgIpc) is 3.65. The standard InChI is InChI=1S/C39H30N6/c1-25-23-26(2)37(27(3)24-25)45-38(32-18-11-17-31(40-32)28-13-5-4-6-14-28)42-43-39(45)33-19-12-22-36(41-33)44-34-20-9-7-15-29(34)30-16-8-10-21-35(30)44/h4-24H,1-3H3. The van der Waals surface area contributed by atoms with Crippen molar-refractivity contribution < 1.29 is 0 Å². The van der Waals surface area contributed by atoms with Crippen molar-refractivity contribution in [1.29, 1.82) is 0 Å². The van der Waals surface area contributed by atoms with Crippen LogP contribution in [-0.2, 0) is 0 Å². The van der Waals surface area contributed by atoms with Gasteiger partial charge in [-0.1, -0.05) is 96.6 Å². The second-order valence-corrected chi connectivity index (χ2v) is 11.5. The number of nitrogens with zero attached hydrogens (tertiary/aromatic N) is 6. The highest BCUT2D eigenvalue weighted by Crippen LogP contribution is 2.34. The Kier molecular flexibility index (Phi) is 6.34. The number of hydrogen-bond acceptors (Lipinski definition) is 4. The third-order valence-corrected chi connectivity index (χ3v) is 8.34. The smallest absolute Gasteiger partial charge is 0.187 e. The Morgan fingerprint density at radius 1 is 0.467 bits per heavy atom. The van der Waals surface area contributed by atoms with E-state index in [1.165, 1.54) is 16.3 Å². The molecule has 0 bridgehead atoms. The van der Waals surface area contributed by atoms with E-state index in [1.54, 1.807) is 0 Å². The summed E-state index contributed by atoms with van der Waals surface area (Å²) in [5.74, 6) is 2.15. The molecule has 0 aliphatic rings. The Balaban J connectivity index is 1.36. The first kappa shape index (κ1) is 26.7. The van der Waals surface area contributed by atoms with Crippen LogP contribution in [0, 0.1) is 20.8 Å². The van der Waals surface area contributed by atoms with Crippen LogP contribution in [-0.4, -0.2) is 29.3 Å². The SMILES string of the molecule is Cc1cc(C)c(-n2c(-c3cccc(-c4ccccc4)n3)nnc2-c2cccc(-n3c4ccccc4c4ccccc43)n2)c(C)c1. The van der Waals surface area contributed by atoms with Crippen LogP contribution >= 0.6 is 0 Å². The van der Waals surface area contributed by atoms with E-state index in [0.29, 0.717) is 11.6 Å². The van der Waals surface area contributed by atoms with Gasteiger partial charge >= 0.3 is 0 Å². The van der Waals surface area contributed by atoms with Crippen LogP contribution in [0.25, 0.3) is 67.6 Å². The lowest BCUT2D eigenvalue weighted by atomic mass is 10.0. The van der Waals surface area contributed by atoms with Crippen molar-refractivity contribution in [2.24, 2.45) is 0 Å². The summed E-state index contributed by atoms with van der Waals surface area (Å²) in [5.41, 5.74) is 10.1. The van der Waals surface area contributed by atoms with E-state index >= 15 is 0 Å². The van der Waals surface area contributed by atoms with Crippen LogP contribution in [0.3, 0.4) is 0 Å². The number of aryl methyl sites for hydroxylation is 3. The largest absolute Gasteiger partial charge is 0.294 e. The molecule has 4 aromatic carbocycles. The maximum atomic E-state index is 5.24. The van der Waals surface area contributed by atoms with Gasteiger partial charge in [0.2, 0.25) is 0 Å². The van der Waals surface area contributed by atoms with E-state index in [0.717, 1.165) is 56.3 Å². The second kappa shape index (κ2) is 10.7. The molecular weight excluding hydrogens is 552 g/mol. The maximum absolute atomic E-state index is 5.24. The lowest BCUT2D eigenvalue weighted by Crippen LogP contribution is -2.07. The summed E-state index contributed by atoms with van der Waals surface area (Å²) in [6.07, 6.45) is 0. The van der Waals surface area contributed by atoms with E-state index in [9.17, 15) is 0 Å². The minimum absolute atomic E-state index is 0.662. The van der Waals surface area contributed by atoms with Crippen LogP contribution in [0.5, 0.6) is 0 Å². The number of rotatable bonds is 5. The van der Waals surface area contributed by atoms with E-state index in [4.69, 9.17) is 20.2 Å². The van der Waals surface area contributed by atoms with E-state index in [2.05, 4.69) is 109 Å². The first-order chi connectivity index (χ1) is 22.1. The first-order valence-corrected chi connectivity index (χ1v) is 15.1. The summed E-state index contributed by atoms with van der Waals surface area (Å²) in [6.45, 7) is 6.40. The fourth-order valence-electron chi connectivity index (χ4n) is 6.52. The number of hydrogen-bond donors (Lipinski definition) is 0. The van der Waals surface area contributed by atoms with E-state index < -0.39 is 0 Å². The van der Waals surface area contributed by atoms with Crippen LogP contribution in [0.2, 0.25) is 0 Å². The average molecular weight is 583 g/mol. The van der Waals surface area contributed by atoms with Gasteiger partial charge in [-0.3, -0.25) is 9.13 Å². The molecule has 0 fully saturated rings. The maximum Gasteiger partial charge on any atom is 0.187 e. The zero-order valence-electron chi connectivity index (χ0n) is 25.3. The monoisotopic (exact) mass is 582 g/mol. The third-order valence-electron chi connectivity index (χ3n) is 8.34. The molecule has 45 heavy (non-hydrogen) atoms. The van der Waals surface area contributed by atoms with Gasteiger partial charge in [0.1, 0.15) is 17.2 Å². The summed E-state index contributed by atoms with van der Waals surface area (Å²) in [5, 5.41) is 12.0. The zero-order valence-corrected chi connectivity index (χ0v) is 25.3. The lowest BCUT2D eigenvalue weighted by Gasteiger charge is -2.17. The number of para-hydroxylation sites is 2. The summed E-state index contributed by atoms with van der Waals surface area (Å²) in [7, 11) is 0. The minimum atomic E-state index is 0.662. The van der Waals surface area contributed by atoms with Crippen molar-refractivity contribution in [3.8, 4) is 45.8 Å². The van der Waals surface area contributed by atoms with Crippen LogP contribution in [0.15, 0.2) is 127 Å². The fourth-order valence-corrected chi connectivity index (χ4v) is 6.52. The normalized spacial score (nSPS) is 11.4. The van der Waals surface area contributed by atoms with Crippen molar-refractivity contribution in [2.45, 2.75) is 20.8 Å². The topological polar surface area (TPSA) is 61.4 Å². The molecule has 0 aliphatic carbocycles. The van der Waals surface area contributed by atoms with Gasteiger partial charge in [0.05, 0.1) is 22.4 Å². The van der Waals surface area contributed by atoms with Crippen molar-refractivity contribution >= 4 is 21.8 Å². The number of aromatic nitrogens is 6. The molecule has 0 spiro atoms. The summed E-state index contributed by atoms with van der Waals surface area (Å²) in [4.78, 5) is 10.3. The second-order valence-electron chi connectivity index (χ2n) is 11.5. The number of benzene rings is 4. The van der Waals surface area contributed by atoms with Crippen LogP contribution in [0.1, 0.15) is 16.7 Å². The molecule has 6 heteroatoms. The molecule has 8 rings (SSSR count). The molecule has 4 aromatic heterocycles. The molecular formula is C39H30N6. The molecule has 8 aromatic rings. The molecule has 6 nitrogen and oxygen atoms in total. The summed E-state index contributed by atoms with van der Waals surface area (Å²) in [6, 6.07) is 43.7. The van der Waals surface area contributed by atoms with Crippen molar-refractivity contribution in [3.63, 3.8) is 0 Å². The lowest BCUT2D eigenvalue weighted by molar-refractivity contribution is 1.00. The highest BCUT2D eigenvalue weighted by atomic mass is 15.3. The number of fused-ring (bicyclic) bond motifs is 3. The molecule has 216 valence electrons. The Labute approximate surface area is 261 Å². The molecule has 0 atom stereocenters. The van der Waals surface area contributed by atoms with Gasteiger partial charge in [0.25, 0.3) is 0 Å². The fraction of sp³-hybridized carbons (Fsp3) is 0.0769. The Morgan fingerprint density at radius 2 is 1.00 bits per heavy atom. The van der Waals surface area contributed by atoms with Crippen molar-refractivity contribution in [2.75, 3.05) is 0 Å². The van der Waals surface area contributed by atoms with E-state index in [-0.39, 0.29) is 0 Å². The predicted molar refractivity (Wildman–Crippen MR) is 182 cm³/mol. The van der Waals surface area contributed by atoms with Crippen molar-refractivity contribution in [3.05, 3.63) is 144 Å². The predicted octanol–water partition coefficient (Wildman–Crippen LogP) is 9.08. The highest BCUT2D eigenvalue weighted by Gasteiger charge is 2.23. The molecule has 0 saturated heterocycles. The third kappa shape index (κ3) is 4.50. The summed E-state index contributed by atoms with van der Waals surface area (Å²) < 4.78 is 4.35. The minimum Gasteiger partial charge on any atom is -0.294 e. The number of pyridine rings is 2. The quantitative estimate of drug-likeness (QED) is 0.203. The molecule has 0 saturated carbocycles. The van der Waals surface area contributed by atoms with Gasteiger partial charge < -0.3 is 0 Å². The molecule has 0 radical (unpaired) electrons. The molecule has 0 amide bonds. The van der Waals surface area contributed by atoms with Crippen molar-refractivity contribution in [1.82, 2.24) is 29.3 Å². The van der Waals surface area contributed by atoms with Gasteiger partial charge in [0, 0.05) is 16.3 Å². The van der Waals surface area contributed by atoms with Gasteiger partial charge in [-0.05, 0) is 68.3 Å². The Hall–Kier alpha value is -5.88.